The highest BCUT2D eigenvalue weighted by Gasteiger charge is 2.23. The van der Waals surface area contributed by atoms with Gasteiger partial charge in [0.1, 0.15) is 0 Å². The molecule has 0 aliphatic carbocycles. The standard InChI is InChI=1S/C19H33N5O2/c1-5-6-10-24-14-17(16(4)21-24)13-20-19(26)23-9-7-8-22(11-12-23)18(25)15(2)3/h14-15H,5-13H2,1-4H3,(H,20,26). The smallest absolute Gasteiger partial charge is 0.317 e. The molecule has 146 valence electrons. The number of carbonyl (C=O) groups is 2. The number of carbonyl (C=O) groups excluding carboxylic acids is 2. The zero-order valence-electron chi connectivity index (χ0n) is 16.6. The molecule has 1 aliphatic rings. The van der Waals surface area contributed by atoms with Crippen LogP contribution in [-0.4, -0.2) is 57.7 Å². The maximum Gasteiger partial charge on any atom is 0.317 e. The van der Waals surface area contributed by atoms with E-state index in [1.165, 1.54) is 0 Å². The molecule has 26 heavy (non-hydrogen) atoms. The van der Waals surface area contributed by atoms with E-state index in [-0.39, 0.29) is 17.9 Å². The molecule has 0 bridgehead atoms. The number of hydrogen-bond acceptors (Lipinski definition) is 3. The monoisotopic (exact) mass is 363 g/mol. The molecule has 0 aromatic carbocycles. The molecule has 1 saturated heterocycles. The van der Waals surface area contributed by atoms with Crippen LogP contribution >= 0.6 is 0 Å². The lowest BCUT2D eigenvalue weighted by atomic mass is 10.2. The second-order valence-electron chi connectivity index (χ2n) is 7.34. The Morgan fingerprint density at radius 2 is 1.88 bits per heavy atom. The Morgan fingerprint density at radius 3 is 2.58 bits per heavy atom. The second kappa shape index (κ2) is 9.59. The van der Waals surface area contributed by atoms with E-state index in [1.54, 1.807) is 0 Å². The molecule has 1 aromatic rings. The SMILES string of the molecule is CCCCn1cc(CNC(=O)N2CCCN(C(=O)C(C)C)CC2)c(C)n1. The number of rotatable bonds is 6. The molecular formula is C19H33N5O2. The predicted molar refractivity (Wildman–Crippen MR) is 102 cm³/mol. The molecule has 1 fully saturated rings. The lowest BCUT2D eigenvalue weighted by Crippen LogP contribution is -2.42. The highest BCUT2D eigenvalue weighted by molar-refractivity contribution is 5.78. The summed E-state index contributed by atoms with van der Waals surface area (Å²) in [6.07, 6.45) is 5.08. The molecule has 2 rings (SSSR count). The minimum atomic E-state index is -0.0652. The van der Waals surface area contributed by atoms with Crippen molar-refractivity contribution in [2.45, 2.75) is 60.0 Å². The van der Waals surface area contributed by atoms with Gasteiger partial charge in [-0.25, -0.2) is 4.79 Å². The number of unbranched alkanes of at least 4 members (excludes halogenated alkanes) is 1. The molecule has 1 aliphatic heterocycles. The van der Waals surface area contributed by atoms with Gasteiger partial charge in [0.2, 0.25) is 5.91 Å². The van der Waals surface area contributed by atoms with Crippen LogP contribution in [0, 0.1) is 12.8 Å². The van der Waals surface area contributed by atoms with Crippen molar-refractivity contribution in [3.8, 4) is 0 Å². The summed E-state index contributed by atoms with van der Waals surface area (Å²) < 4.78 is 1.96. The summed E-state index contributed by atoms with van der Waals surface area (Å²) in [6.45, 7) is 12.0. The number of urea groups is 1. The Bertz CT molecular complexity index is 611. The maximum absolute atomic E-state index is 12.5. The number of aryl methyl sites for hydroxylation is 2. The third-order valence-corrected chi connectivity index (χ3v) is 4.81. The highest BCUT2D eigenvalue weighted by Crippen LogP contribution is 2.10. The Hall–Kier alpha value is -2.05. The van der Waals surface area contributed by atoms with Crippen molar-refractivity contribution in [3.63, 3.8) is 0 Å². The topological polar surface area (TPSA) is 70.5 Å². The van der Waals surface area contributed by atoms with Crippen LogP contribution in [0.1, 0.15) is 51.3 Å². The first-order valence-corrected chi connectivity index (χ1v) is 9.76. The third-order valence-electron chi connectivity index (χ3n) is 4.81. The van der Waals surface area contributed by atoms with Gasteiger partial charge in [0.15, 0.2) is 0 Å². The lowest BCUT2D eigenvalue weighted by Gasteiger charge is -2.23. The first kappa shape index (κ1) is 20.3. The van der Waals surface area contributed by atoms with Crippen LogP contribution < -0.4 is 5.32 Å². The van der Waals surface area contributed by atoms with Gasteiger partial charge in [0.05, 0.1) is 5.69 Å². The fourth-order valence-corrected chi connectivity index (χ4v) is 3.16. The van der Waals surface area contributed by atoms with Crippen molar-refractivity contribution in [2.24, 2.45) is 5.92 Å². The van der Waals surface area contributed by atoms with Gasteiger partial charge in [-0.2, -0.15) is 5.10 Å². The van der Waals surface area contributed by atoms with Crippen molar-refractivity contribution in [3.05, 3.63) is 17.5 Å². The maximum atomic E-state index is 12.5. The van der Waals surface area contributed by atoms with Crippen LogP contribution in [0.25, 0.3) is 0 Å². The van der Waals surface area contributed by atoms with E-state index in [1.807, 2.05) is 41.4 Å². The van der Waals surface area contributed by atoms with Gasteiger partial charge in [0.25, 0.3) is 0 Å². The zero-order valence-corrected chi connectivity index (χ0v) is 16.6. The van der Waals surface area contributed by atoms with Gasteiger partial charge in [-0.3, -0.25) is 9.48 Å². The summed E-state index contributed by atoms with van der Waals surface area (Å²) in [5, 5.41) is 7.51. The van der Waals surface area contributed by atoms with E-state index in [0.29, 0.717) is 26.2 Å². The van der Waals surface area contributed by atoms with E-state index >= 15 is 0 Å². The van der Waals surface area contributed by atoms with Gasteiger partial charge < -0.3 is 15.1 Å². The summed E-state index contributed by atoms with van der Waals surface area (Å²) in [4.78, 5) is 28.3. The average molecular weight is 364 g/mol. The third kappa shape index (κ3) is 5.47. The number of aromatic nitrogens is 2. The van der Waals surface area contributed by atoms with E-state index in [2.05, 4.69) is 17.3 Å². The van der Waals surface area contributed by atoms with E-state index in [0.717, 1.165) is 43.6 Å². The van der Waals surface area contributed by atoms with Gasteiger partial charge in [0, 0.05) is 56.9 Å². The first-order chi connectivity index (χ1) is 12.4. The summed E-state index contributed by atoms with van der Waals surface area (Å²) in [5.74, 6) is 0.171. The van der Waals surface area contributed by atoms with Gasteiger partial charge >= 0.3 is 6.03 Å². The van der Waals surface area contributed by atoms with Gasteiger partial charge in [-0.05, 0) is 19.8 Å². The van der Waals surface area contributed by atoms with Crippen molar-refractivity contribution in [2.75, 3.05) is 26.2 Å². The van der Waals surface area contributed by atoms with E-state index < -0.39 is 0 Å². The average Bonchev–Trinajstić information content (AvgIpc) is 2.82. The Labute approximate surface area is 156 Å². The zero-order chi connectivity index (χ0) is 19.1. The van der Waals surface area contributed by atoms with Gasteiger partial charge in [-0.15, -0.1) is 0 Å². The van der Waals surface area contributed by atoms with Crippen LogP contribution in [0.5, 0.6) is 0 Å². The molecule has 7 nitrogen and oxygen atoms in total. The Kier molecular flexibility index (Phi) is 7.48. The summed E-state index contributed by atoms with van der Waals surface area (Å²) in [5.41, 5.74) is 2.02. The quantitative estimate of drug-likeness (QED) is 0.844. The Balaban J connectivity index is 1.84. The molecule has 7 heteroatoms. The normalized spacial score (nSPS) is 15.3. The van der Waals surface area contributed by atoms with E-state index in [9.17, 15) is 9.59 Å². The van der Waals surface area contributed by atoms with Crippen LogP contribution in [0.4, 0.5) is 4.79 Å². The van der Waals surface area contributed by atoms with Crippen LogP contribution in [0.3, 0.4) is 0 Å². The van der Waals surface area contributed by atoms with Crippen molar-refractivity contribution in [1.29, 1.82) is 0 Å². The molecule has 0 saturated carbocycles. The summed E-state index contributed by atoms with van der Waals surface area (Å²) in [7, 11) is 0. The fourth-order valence-electron chi connectivity index (χ4n) is 3.16. The molecule has 1 N–H and O–H groups in total. The lowest BCUT2D eigenvalue weighted by molar-refractivity contribution is -0.134. The van der Waals surface area contributed by atoms with Crippen molar-refractivity contribution in [1.82, 2.24) is 24.9 Å². The molecular weight excluding hydrogens is 330 g/mol. The largest absolute Gasteiger partial charge is 0.341 e. The molecule has 0 unspecified atom stereocenters. The van der Waals surface area contributed by atoms with Gasteiger partial charge in [-0.1, -0.05) is 27.2 Å². The van der Waals surface area contributed by atoms with E-state index in [4.69, 9.17) is 0 Å². The highest BCUT2D eigenvalue weighted by atomic mass is 16.2. The molecule has 0 radical (unpaired) electrons. The molecule has 0 atom stereocenters. The number of nitrogens with zero attached hydrogens (tertiary/aromatic N) is 4. The van der Waals surface area contributed by atoms with Crippen LogP contribution in [-0.2, 0) is 17.9 Å². The van der Waals surface area contributed by atoms with Crippen molar-refractivity contribution < 1.29 is 9.59 Å². The summed E-state index contributed by atoms with van der Waals surface area (Å²) in [6, 6.07) is -0.0652. The number of amides is 3. The molecule has 1 aromatic heterocycles. The minimum Gasteiger partial charge on any atom is -0.341 e. The molecule has 3 amide bonds. The molecule has 2 heterocycles. The predicted octanol–water partition coefficient (Wildman–Crippen LogP) is 2.39. The molecule has 0 spiro atoms. The fraction of sp³-hybridized carbons (Fsp3) is 0.737. The summed E-state index contributed by atoms with van der Waals surface area (Å²) >= 11 is 0. The number of nitrogens with one attached hydrogen (secondary N) is 1. The van der Waals surface area contributed by atoms with Crippen molar-refractivity contribution >= 4 is 11.9 Å². The first-order valence-electron chi connectivity index (χ1n) is 9.76. The van der Waals surface area contributed by atoms with Crippen LogP contribution in [0.15, 0.2) is 6.20 Å². The number of hydrogen-bond donors (Lipinski definition) is 1. The van der Waals surface area contributed by atoms with Crippen LogP contribution in [0.2, 0.25) is 0 Å². The minimum absolute atomic E-state index is 0.00240. The second-order valence-corrected chi connectivity index (χ2v) is 7.34. The Morgan fingerprint density at radius 1 is 1.19 bits per heavy atom.